The zero-order valence-electron chi connectivity index (χ0n) is 9.89. The maximum atomic E-state index is 13.5. The summed E-state index contributed by atoms with van der Waals surface area (Å²) in [6, 6.07) is 4.53. The van der Waals surface area contributed by atoms with Gasteiger partial charge < -0.3 is 0 Å². The summed E-state index contributed by atoms with van der Waals surface area (Å²) in [6.45, 7) is 0. The zero-order chi connectivity index (χ0) is 14.9. The predicted molar refractivity (Wildman–Crippen MR) is 65.8 cm³/mol. The Kier molecular flexibility index (Phi) is 4.09. The van der Waals surface area contributed by atoms with E-state index in [1.165, 1.54) is 12.1 Å². The van der Waals surface area contributed by atoms with Crippen LogP contribution in [0.4, 0.5) is 17.6 Å². The molecule has 104 valence electrons. The quantitative estimate of drug-likeness (QED) is 0.469. The first-order chi connectivity index (χ1) is 9.40. The highest BCUT2D eigenvalue weighted by Gasteiger charge is 2.19. The van der Waals surface area contributed by atoms with Crippen LogP contribution in [0, 0.1) is 23.3 Å². The topological polar surface area (TPSA) is 17.1 Å². The number of Topliss-reactive ketones (excluding diaryl/α,β-unsaturated/α-hetero) is 1. The van der Waals surface area contributed by atoms with Crippen molar-refractivity contribution in [3.63, 3.8) is 0 Å². The lowest BCUT2D eigenvalue weighted by Crippen LogP contribution is -2.09. The molecule has 2 aromatic rings. The Morgan fingerprint density at radius 2 is 1.60 bits per heavy atom. The van der Waals surface area contributed by atoms with Gasteiger partial charge in [-0.05, 0) is 18.2 Å². The fourth-order valence-electron chi connectivity index (χ4n) is 1.69. The summed E-state index contributed by atoms with van der Waals surface area (Å²) in [5, 5.41) is 0.00124. The molecule has 0 aliphatic heterocycles. The van der Waals surface area contributed by atoms with Crippen LogP contribution < -0.4 is 0 Å². The van der Waals surface area contributed by atoms with Gasteiger partial charge in [0.1, 0.15) is 11.6 Å². The highest BCUT2D eigenvalue weighted by molar-refractivity contribution is 6.31. The number of ketones is 1. The molecule has 6 heteroatoms. The fraction of sp³-hybridized carbons (Fsp3) is 0.0714. The molecule has 0 heterocycles. The van der Waals surface area contributed by atoms with Gasteiger partial charge in [-0.1, -0.05) is 17.7 Å². The van der Waals surface area contributed by atoms with Gasteiger partial charge in [-0.15, -0.1) is 0 Å². The van der Waals surface area contributed by atoms with Crippen LogP contribution >= 0.6 is 11.6 Å². The largest absolute Gasteiger partial charge is 0.294 e. The first-order valence-corrected chi connectivity index (χ1v) is 5.88. The summed E-state index contributed by atoms with van der Waals surface area (Å²) in [7, 11) is 0. The van der Waals surface area contributed by atoms with Gasteiger partial charge in [0.2, 0.25) is 0 Å². The second-order valence-electron chi connectivity index (χ2n) is 4.05. The van der Waals surface area contributed by atoms with Crippen molar-refractivity contribution in [2.24, 2.45) is 0 Å². The summed E-state index contributed by atoms with van der Waals surface area (Å²) < 4.78 is 52.7. The van der Waals surface area contributed by atoms with Crippen molar-refractivity contribution in [2.75, 3.05) is 0 Å². The van der Waals surface area contributed by atoms with Crippen LogP contribution in [0.1, 0.15) is 15.9 Å². The molecule has 0 N–H and O–H groups in total. The minimum atomic E-state index is -1.40. The molecule has 0 amide bonds. The van der Waals surface area contributed by atoms with Gasteiger partial charge in [0.25, 0.3) is 0 Å². The van der Waals surface area contributed by atoms with Crippen LogP contribution in [0.3, 0.4) is 0 Å². The van der Waals surface area contributed by atoms with E-state index in [1.54, 1.807) is 0 Å². The van der Waals surface area contributed by atoms with Crippen LogP contribution in [0.2, 0.25) is 5.02 Å². The normalized spacial score (nSPS) is 10.7. The molecule has 0 radical (unpaired) electrons. The maximum absolute atomic E-state index is 13.5. The van der Waals surface area contributed by atoms with Crippen LogP contribution in [0.25, 0.3) is 0 Å². The van der Waals surface area contributed by atoms with Crippen molar-refractivity contribution in [1.82, 2.24) is 0 Å². The first kappa shape index (κ1) is 14.5. The Bertz CT molecular complexity index is 665. The Hall–Kier alpha value is -1.88. The van der Waals surface area contributed by atoms with E-state index in [1.807, 2.05) is 0 Å². The first-order valence-electron chi connectivity index (χ1n) is 5.50. The molecule has 0 atom stereocenters. The van der Waals surface area contributed by atoms with Crippen molar-refractivity contribution in [2.45, 2.75) is 6.42 Å². The van der Waals surface area contributed by atoms with Crippen molar-refractivity contribution >= 4 is 17.4 Å². The summed E-state index contributed by atoms with van der Waals surface area (Å²) in [5.41, 5.74) is -0.772. The molecule has 20 heavy (non-hydrogen) atoms. The van der Waals surface area contributed by atoms with Crippen LogP contribution in [0.5, 0.6) is 0 Å². The second kappa shape index (κ2) is 5.63. The van der Waals surface area contributed by atoms with Gasteiger partial charge in [-0.3, -0.25) is 4.79 Å². The van der Waals surface area contributed by atoms with E-state index >= 15 is 0 Å². The molecule has 0 aromatic heterocycles. The Morgan fingerprint density at radius 1 is 0.950 bits per heavy atom. The number of carbonyl (C=O) groups is 1. The van der Waals surface area contributed by atoms with E-state index in [0.717, 1.165) is 6.07 Å². The SMILES string of the molecule is O=C(Cc1c(F)cccc1Cl)c1cc(F)c(F)cc1F. The van der Waals surface area contributed by atoms with Crippen molar-refractivity contribution < 1.29 is 22.4 Å². The minimum Gasteiger partial charge on any atom is -0.294 e. The Balaban J connectivity index is 2.36. The van der Waals surface area contributed by atoms with Crippen LogP contribution in [0.15, 0.2) is 30.3 Å². The molecule has 0 unspecified atom stereocenters. The van der Waals surface area contributed by atoms with Crippen molar-refractivity contribution in [3.8, 4) is 0 Å². The molecule has 2 aromatic carbocycles. The molecule has 0 saturated heterocycles. The molecule has 2 rings (SSSR count). The molecule has 0 aliphatic carbocycles. The van der Waals surface area contributed by atoms with E-state index in [-0.39, 0.29) is 16.7 Å². The number of hydrogen-bond acceptors (Lipinski definition) is 1. The summed E-state index contributed by atoms with van der Waals surface area (Å²) >= 11 is 5.74. The minimum absolute atomic E-state index is 0.00124. The molecule has 0 aliphatic rings. The smallest absolute Gasteiger partial charge is 0.170 e. The predicted octanol–water partition coefficient (Wildman–Crippen LogP) is 4.32. The van der Waals surface area contributed by atoms with E-state index < -0.39 is 41.0 Å². The lowest BCUT2D eigenvalue weighted by atomic mass is 10.0. The average Bonchev–Trinajstić information content (AvgIpc) is 2.38. The summed E-state index contributed by atoms with van der Waals surface area (Å²) in [6.07, 6.45) is -0.548. The van der Waals surface area contributed by atoms with E-state index in [9.17, 15) is 22.4 Å². The molecule has 1 nitrogen and oxygen atoms in total. The lowest BCUT2D eigenvalue weighted by molar-refractivity contribution is 0.0987. The fourth-order valence-corrected chi connectivity index (χ4v) is 1.92. The molecule has 0 fully saturated rings. The van der Waals surface area contributed by atoms with Gasteiger partial charge in [0, 0.05) is 23.1 Å². The van der Waals surface area contributed by atoms with Gasteiger partial charge >= 0.3 is 0 Å². The zero-order valence-corrected chi connectivity index (χ0v) is 10.6. The van der Waals surface area contributed by atoms with E-state index in [0.29, 0.717) is 6.07 Å². The molecule has 0 bridgehead atoms. The van der Waals surface area contributed by atoms with Crippen LogP contribution in [-0.4, -0.2) is 5.78 Å². The van der Waals surface area contributed by atoms with Crippen molar-refractivity contribution in [3.05, 3.63) is 69.8 Å². The third-order valence-corrected chi connectivity index (χ3v) is 3.06. The summed E-state index contributed by atoms with van der Waals surface area (Å²) in [4.78, 5) is 11.8. The number of rotatable bonds is 3. The Morgan fingerprint density at radius 3 is 2.25 bits per heavy atom. The van der Waals surface area contributed by atoms with E-state index in [2.05, 4.69) is 0 Å². The van der Waals surface area contributed by atoms with Gasteiger partial charge in [-0.25, -0.2) is 17.6 Å². The second-order valence-corrected chi connectivity index (χ2v) is 4.45. The van der Waals surface area contributed by atoms with Crippen LogP contribution in [-0.2, 0) is 6.42 Å². The molecule has 0 spiro atoms. The Labute approximate surface area is 116 Å². The lowest BCUT2D eigenvalue weighted by Gasteiger charge is -2.06. The maximum Gasteiger partial charge on any atom is 0.170 e. The number of hydrogen-bond donors (Lipinski definition) is 0. The van der Waals surface area contributed by atoms with Gasteiger partial charge in [-0.2, -0.15) is 0 Å². The third kappa shape index (κ3) is 2.82. The molecule has 0 saturated carbocycles. The van der Waals surface area contributed by atoms with Gasteiger partial charge in [0.15, 0.2) is 17.4 Å². The standard InChI is InChI=1S/C14H7ClF4O/c15-9-2-1-3-10(16)7(9)5-14(20)8-4-12(18)13(19)6-11(8)17/h1-4,6H,5H2. The molecular weight excluding hydrogens is 296 g/mol. The van der Waals surface area contributed by atoms with Gasteiger partial charge in [0.05, 0.1) is 5.56 Å². The van der Waals surface area contributed by atoms with E-state index in [4.69, 9.17) is 11.6 Å². The molecular formula is C14H7ClF4O. The third-order valence-electron chi connectivity index (χ3n) is 2.71. The number of benzene rings is 2. The van der Waals surface area contributed by atoms with Crippen molar-refractivity contribution in [1.29, 1.82) is 0 Å². The summed E-state index contributed by atoms with van der Waals surface area (Å²) in [5.74, 6) is -5.58. The monoisotopic (exact) mass is 302 g/mol. The number of halogens is 5. The highest BCUT2D eigenvalue weighted by Crippen LogP contribution is 2.22. The average molecular weight is 303 g/mol. The highest BCUT2D eigenvalue weighted by atomic mass is 35.5. The number of carbonyl (C=O) groups excluding carboxylic acids is 1.